The summed E-state index contributed by atoms with van der Waals surface area (Å²) in [7, 11) is -1.95. The maximum Gasteiger partial charge on any atom is 0.126 e. The Hall–Kier alpha value is -2.36. The molecule has 30 heavy (non-hydrogen) atoms. The quantitative estimate of drug-likeness (QED) is 0.295. The molecule has 3 heteroatoms. The van der Waals surface area contributed by atoms with Gasteiger partial charge >= 0.3 is 0 Å². The Kier molecular flexibility index (Phi) is 5.61. The van der Waals surface area contributed by atoms with Gasteiger partial charge in [0.2, 0.25) is 0 Å². The Morgan fingerprint density at radius 1 is 1.07 bits per heavy atom. The van der Waals surface area contributed by atoms with Crippen molar-refractivity contribution in [1.29, 1.82) is 0 Å². The molecule has 0 saturated carbocycles. The van der Waals surface area contributed by atoms with Gasteiger partial charge in [0.05, 0.1) is 8.07 Å². The van der Waals surface area contributed by atoms with E-state index in [1.54, 1.807) is 4.88 Å². The van der Waals surface area contributed by atoms with E-state index in [-0.39, 0.29) is 0 Å². The van der Waals surface area contributed by atoms with Crippen LogP contribution < -0.4 is 9.92 Å². The molecule has 1 aromatic heterocycles. The van der Waals surface area contributed by atoms with E-state index in [4.69, 9.17) is 4.74 Å². The van der Waals surface area contributed by atoms with Crippen LogP contribution >= 0.6 is 11.3 Å². The summed E-state index contributed by atoms with van der Waals surface area (Å²) in [5.41, 5.74) is 7.09. The fraction of sp³-hybridized carbons (Fsp3) is 0.259. The SMILES string of the molecule is C=CCOc1c(-c2ccccc2)cc(C)cc1[Si](C)(C)C1C(C)=Cc2cc(C)sc21. The molecule has 154 valence electrons. The molecule has 0 bridgehead atoms. The molecule has 4 rings (SSSR count). The molecule has 1 aliphatic rings. The van der Waals surface area contributed by atoms with Crippen LogP contribution in [0.1, 0.15) is 33.3 Å². The molecule has 1 unspecified atom stereocenters. The summed E-state index contributed by atoms with van der Waals surface area (Å²) in [6.45, 7) is 16.1. The van der Waals surface area contributed by atoms with Gasteiger partial charge in [-0.25, -0.2) is 0 Å². The van der Waals surface area contributed by atoms with Crippen LogP contribution in [0.25, 0.3) is 17.2 Å². The van der Waals surface area contributed by atoms with Crippen molar-refractivity contribution in [2.75, 3.05) is 6.61 Å². The molecule has 0 spiro atoms. The van der Waals surface area contributed by atoms with Gasteiger partial charge in [0, 0.05) is 20.9 Å². The van der Waals surface area contributed by atoms with Crippen LogP contribution in [0.2, 0.25) is 13.1 Å². The summed E-state index contributed by atoms with van der Waals surface area (Å²) < 4.78 is 6.40. The molecule has 0 radical (unpaired) electrons. The van der Waals surface area contributed by atoms with Crippen molar-refractivity contribution < 1.29 is 4.74 Å². The minimum atomic E-state index is -1.95. The van der Waals surface area contributed by atoms with Gasteiger partial charge in [0.1, 0.15) is 12.4 Å². The molecule has 2 aromatic carbocycles. The topological polar surface area (TPSA) is 9.23 Å². The summed E-state index contributed by atoms with van der Waals surface area (Å²) >= 11 is 1.96. The van der Waals surface area contributed by atoms with Crippen LogP contribution in [0, 0.1) is 13.8 Å². The summed E-state index contributed by atoms with van der Waals surface area (Å²) in [5.74, 6) is 1.04. The lowest BCUT2D eigenvalue weighted by atomic mass is 10.0. The van der Waals surface area contributed by atoms with Crippen LogP contribution in [0.3, 0.4) is 0 Å². The first-order valence-electron chi connectivity index (χ1n) is 10.6. The van der Waals surface area contributed by atoms with E-state index in [2.05, 4.69) is 95.1 Å². The van der Waals surface area contributed by atoms with Crippen LogP contribution in [0.5, 0.6) is 5.75 Å². The predicted octanol–water partition coefficient (Wildman–Crippen LogP) is 7.25. The molecule has 1 nitrogen and oxygen atoms in total. The average molecular weight is 431 g/mol. The summed E-state index contributed by atoms with van der Waals surface area (Å²) in [6, 6.07) is 17.6. The number of allylic oxidation sites excluding steroid dienone is 1. The third kappa shape index (κ3) is 3.61. The molecule has 0 aliphatic heterocycles. The van der Waals surface area contributed by atoms with Crippen LogP contribution in [0.15, 0.2) is 66.8 Å². The van der Waals surface area contributed by atoms with Crippen molar-refractivity contribution in [3.8, 4) is 16.9 Å². The largest absolute Gasteiger partial charge is 0.489 e. The molecule has 0 saturated heterocycles. The number of hydrogen-bond acceptors (Lipinski definition) is 2. The number of thiophene rings is 1. The molecular weight excluding hydrogens is 400 g/mol. The number of ether oxygens (including phenoxy) is 1. The third-order valence-corrected chi connectivity index (χ3v) is 11.4. The molecule has 0 N–H and O–H groups in total. The second-order valence-corrected chi connectivity index (χ2v) is 14.7. The third-order valence-electron chi connectivity index (χ3n) is 6.09. The molecule has 3 aromatic rings. The molecule has 0 fully saturated rings. The van der Waals surface area contributed by atoms with E-state index >= 15 is 0 Å². The highest BCUT2D eigenvalue weighted by atomic mass is 32.1. The first-order chi connectivity index (χ1) is 14.3. The summed E-state index contributed by atoms with van der Waals surface area (Å²) in [5, 5.41) is 1.40. The lowest BCUT2D eigenvalue weighted by Crippen LogP contribution is -2.48. The number of hydrogen-bond donors (Lipinski definition) is 0. The van der Waals surface area contributed by atoms with Crippen LogP contribution in [-0.4, -0.2) is 14.7 Å². The highest BCUT2D eigenvalue weighted by molar-refractivity contribution is 7.13. The maximum absolute atomic E-state index is 6.40. The Morgan fingerprint density at radius 3 is 2.50 bits per heavy atom. The van der Waals surface area contributed by atoms with Crippen LogP contribution in [0.4, 0.5) is 0 Å². The zero-order chi connectivity index (χ0) is 21.5. The van der Waals surface area contributed by atoms with Crippen molar-refractivity contribution in [3.05, 3.63) is 87.6 Å². The van der Waals surface area contributed by atoms with E-state index in [0.29, 0.717) is 12.1 Å². The van der Waals surface area contributed by atoms with Crippen molar-refractivity contribution in [2.45, 2.75) is 39.4 Å². The van der Waals surface area contributed by atoms with Gasteiger partial charge in [0.15, 0.2) is 0 Å². The van der Waals surface area contributed by atoms with Crippen molar-refractivity contribution in [2.24, 2.45) is 0 Å². The van der Waals surface area contributed by atoms with Crippen LogP contribution in [-0.2, 0) is 0 Å². The van der Waals surface area contributed by atoms with E-state index in [9.17, 15) is 0 Å². The Morgan fingerprint density at radius 2 is 1.80 bits per heavy atom. The normalized spacial score (nSPS) is 15.6. The van der Waals surface area contributed by atoms with Gasteiger partial charge in [-0.2, -0.15) is 0 Å². The van der Waals surface area contributed by atoms with Gasteiger partial charge in [0.25, 0.3) is 0 Å². The van der Waals surface area contributed by atoms with Gasteiger partial charge in [-0.05, 0) is 49.2 Å². The maximum atomic E-state index is 6.40. The number of benzene rings is 2. The number of fused-ring (bicyclic) bond motifs is 1. The van der Waals surface area contributed by atoms with Gasteiger partial charge in [-0.3, -0.25) is 0 Å². The standard InChI is InChI=1S/C27H30OSSi/c1-7-13-28-25-23(21-11-9-8-10-12-21)14-18(2)15-24(25)30(5,6)27-19(3)16-22-17-20(4)29-26(22)27/h7-12,14-17,27H,1,13H2,2-6H3. The summed E-state index contributed by atoms with van der Waals surface area (Å²) in [4.78, 5) is 2.94. The van der Waals surface area contributed by atoms with E-state index in [1.807, 2.05) is 17.4 Å². The molecule has 1 aliphatic carbocycles. The zero-order valence-corrected chi connectivity index (χ0v) is 20.4. The van der Waals surface area contributed by atoms with Crippen molar-refractivity contribution >= 4 is 30.7 Å². The molecule has 0 amide bonds. The first kappa shape index (κ1) is 20.9. The second-order valence-electron chi connectivity index (χ2n) is 8.87. The van der Waals surface area contributed by atoms with E-state index in [0.717, 1.165) is 5.75 Å². The number of aryl methyl sites for hydroxylation is 2. The summed E-state index contributed by atoms with van der Waals surface area (Å²) in [6.07, 6.45) is 4.24. The Labute approximate surface area is 185 Å². The fourth-order valence-electron chi connectivity index (χ4n) is 4.86. The Bertz CT molecular complexity index is 1120. The zero-order valence-electron chi connectivity index (χ0n) is 18.6. The lowest BCUT2D eigenvalue weighted by Gasteiger charge is -2.34. The fourth-order valence-corrected chi connectivity index (χ4v) is 10.7. The van der Waals surface area contributed by atoms with E-state index in [1.165, 1.54) is 37.9 Å². The van der Waals surface area contributed by atoms with Gasteiger partial charge in [-0.1, -0.05) is 79.4 Å². The van der Waals surface area contributed by atoms with Crippen molar-refractivity contribution in [1.82, 2.24) is 0 Å². The Balaban J connectivity index is 1.92. The number of rotatable bonds is 6. The minimum Gasteiger partial charge on any atom is -0.489 e. The highest BCUT2D eigenvalue weighted by Gasteiger charge is 2.42. The molecular formula is C27H30OSSi. The van der Waals surface area contributed by atoms with E-state index < -0.39 is 8.07 Å². The first-order valence-corrected chi connectivity index (χ1v) is 14.4. The van der Waals surface area contributed by atoms with Gasteiger partial charge < -0.3 is 4.74 Å². The van der Waals surface area contributed by atoms with Gasteiger partial charge in [-0.15, -0.1) is 11.3 Å². The molecule has 1 heterocycles. The second kappa shape index (κ2) is 8.05. The highest BCUT2D eigenvalue weighted by Crippen LogP contribution is 2.47. The smallest absolute Gasteiger partial charge is 0.126 e. The molecule has 1 atom stereocenters. The monoisotopic (exact) mass is 430 g/mol. The average Bonchev–Trinajstić information content (AvgIpc) is 3.20. The lowest BCUT2D eigenvalue weighted by molar-refractivity contribution is 0.367. The predicted molar refractivity (Wildman–Crippen MR) is 135 cm³/mol. The van der Waals surface area contributed by atoms with Crippen molar-refractivity contribution in [3.63, 3.8) is 0 Å². The minimum absolute atomic E-state index is 0.489.